The molecule has 0 aliphatic rings. The molecule has 3 N–H and O–H groups in total. The second-order valence-corrected chi connectivity index (χ2v) is 7.79. The number of nitrogens with zero attached hydrogens (tertiary/aromatic N) is 1. The summed E-state index contributed by atoms with van der Waals surface area (Å²) in [4.78, 5) is 11.5. The Bertz CT molecular complexity index is 639. The number of halogens is 1. The smallest absolute Gasteiger partial charge is 0.243 e. The van der Waals surface area contributed by atoms with E-state index in [0.29, 0.717) is 0 Å². The zero-order chi connectivity index (χ0) is 16.4. The maximum atomic E-state index is 13.4. The van der Waals surface area contributed by atoms with Crippen molar-refractivity contribution in [2.45, 2.75) is 31.2 Å². The number of sulfonamides is 1. The fourth-order valence-corrected chi connectivity index (χ4v) is 2.73. The van der Waals surface area contributed by atoms with Crippen LogP contribution in [0.5, 0.6) is 0 Å². The predicted octanol–water partition coefficient (Wildman–Crippen LogP) is 0.943. The van der Waals surface area contributed by atoms with Crippen LogP contribution in [0.15, 0.2) is 23.1 Å². The maximum Gasteiger partial charge on any atom is 0.243 e. The second-order valence-electron chi connectivity index (χ2n) is 5.74. The molecule has 0 saturated heterocycles. The van der Waals surface area contributed by atoms with Gasteiger partial charge in [0.25, 0.3) is 0 Å². The molecule has 0 saturated carbocycles. The Labute approximate surface area is 124 Å². The van der Waals surface area contributed by atoms with Crippen molar-refractivity contribution in [3.8, 4) is 0 Å². The van der Waals surface area contributed by atoms with E-state index in [1.54, 1.807) is 20.8 Å². The van der Waals surface area contributed by atoms with E-state index in [1.165, 1.54) is 19.2 Å². The number of hydrogen-bond acceptors (Lipinski definition) is 4. The number of benzene rings is 1. The molecule has 0 bridgehead atoms. The summed E-state index contributed by atoms with van der Waals surface area (Å²) in [6, 6.07) is 3.21. The SMILES string of the molecule is CN(CC(=O)NC(C)(C)C)S(=O)(=O)c1ccc(N)c(F)c1. The van der Waals surface area contributed by atoms with Crippen molar-refractivity contribution >= 4 is 21.6 Å². The van der Waals surface area contributed by atoms with Crippen LogP contribution in [0.4, 0.5) is 10.1 Å². The normalized spacial score (nSPS) is 12.5. The van der Waals surface area contributed by atoms with Gasteiger partial charge in [0.15, 0.2) is 0 Å². The number of carbonyl (C=O) groups is 1. The molecule has 8 heteroatoms. The van der Waals surface area contributed by atoms with Crippen LogP contribution in [0.25, 0.3) is 0 Å². The van der Waals surface area contributed by atoms with Gasteiger partial charge in [-0.3, -0.25) is 4.79 Å². The first-order chi connectivity index (χ1) is 9.43. The lowest BCUT2D eigenvalue weighted by atomic mass is 10.1. The third kappa shape index (κ3) is 4.68. The van der Waals surface area contributed by atoms with Crippen molar-refractivity contribution in [3.63, 3.8) is 0 Å². The Kier molecular flexibility index (Phi) is 4.95. The van der Waals surface area contributed by atoms with E-state index in [4.69, 9.17) is 5.73 Å². The molecule has 0 aliphatic carbocycles. The molecule has 1 amide bonds. The summed E-state index contributed by atoms with van der Waals surface area (Å²) < 4.78 is 38.7. The van der Waals surface area contributed by atoms with E-state index in [1.807, 2.05) is 0 Å². The van der Waals surface area contributed by atoms with Gasteiger partial charge in [-0.05, 0) is 39.0 Å². The molecule has 0 fully saturated rings. The van der Waals surface area contributed by atoms with Crippen molar-refractivity contribution in [2.75, 3.05) is 19.3 Å². The summed E-state index contributed by atoms with van der Waals surface area (Å²) in [5.74, 6) is -1.26. The van der Waals surface area contributed by atoms with Crippen molar-refractivity contribution < 1.29 is 17.6 Å². The fourth-order valence-electron chi connectivity index (χ4n) is 1.59. The minimum atomic E-state index is -3.95. The van der Waals surface area contributed by atoms with Gasteiger partial charge in [0.2, 0.25) is 15.9 Å². The monoisotopic (exact) mass is 317 g/mol. The molecule has 6 nitrogen and oxygen atoms in total. The zero-order valence-electron chi connectivity index (χ0n) is 12.5. The summed E-state index contributed by atoms with van der Waals surface area (Å²) in [5, 5.41) is 2.65. The maximum absolute atomic E-state index is 13.4. The van der Waals surface area contributed by atoms with Crippen LogP contribution in [-0.2, 0) is 14.8 Å². The molecule has 21 heavy (non-hydrogen) atoms. The molecule has 0 aliphatic heterocycles. The molecular formula is C13H20FN3O3S. The van der Waals surface area contributed by atoms with Crippen LogP contribution < -0.4 is 11.1 Å². The van der Waals surface area contributed by atoms with Crippen molar-refractivity contribution in [1.29, 1.82) is 0 Å². The van der Waals surface area contributed by atoms with Crippen LogP contribution in [0.2, 0.25) is 0 Å². The Morgan fingerprint density at radius 3 is 2.43 bits per heavy atom. The summed E-state index contributed by atoms with van der Waals surface area (Å²) in [6.07, 6.45) is 0. The van der Waals surface area contributed by atoms with Crippen molar-refractivity contribution in [3.05, 3.63) is 24.0 Å². The summed E-state index contributed by atoms with van der Waals surface area (Å²) in [5.41, 5.74) is 4.71. The topological polar surface area (TPSA) is 92.5 Å². The quantitative estimate of drug-likeness (QED) is 0.809. The minimum Gasteiger partial charge on any atom is -0.396 e. The number of likely N-dealkylation sites (N-methyl/N-ethyl adjacent to an activating group) is 1. The van der Waals surface area contributed by atoms with Gasteiger partial charge in [0.1, 0.15) is 5.82 Å². The van der Waals surface area contributed by atoms with Gasteiger partial charge in [-0.25, -0.2) is 12.8 Å². The number of nitrogen functional groups attached to an aromatic ring is 1. The molecule has 0 atom stereocenters. The van der Waals surface area contributed by atoms with Crippen molar-refractivity contribution in [2.24, 2.45) is 0 Å². The first kappa shape index (κ1) is 17.4. The number of carbonyl (C=O) groups excluding carboxylic acids is 1. The standard InChI is InChI=1S/C13H20FN3O3S/c1-13(2,3)16-12(18)8-17(4)21(19,20)9-5-6-11(15)10(14)7-9/h5-7H,8,15H2,1-4H3,(H,16,18). The summed E-state index contributed by atoms with van der Waals surface area (Å²) in [6.45, 7) is 5.00. The lowest BCUT2D eigenvalue weighted by Gasteiger charge is -2.23. The zero-order valence-corrected chi connectivity index (χ0v) is 13.3. The van der Waals surface area contributed by atoms with Gasteiger partial charge in [0, 0.05) is 12.6 Å². The van der Waals surface area contributed by atoms with Gasteiger partial charge < -0.3 is 11.1 Å². The molecule has 1 rings (SSSR count). The molecule has 0 unspecified atom stereocenters. The number of rotatable bonds is 4. The van der Waals surface area contributed by atoms with Gasteiger partial charge in [-0.15, -0.1) is 0 Å². The summed E-state index contributed by atoms with van der Waals surface area (Å²) >= 11 is 0. The highest BCUT2D eigenvalue weighted by atomic mass is 32.2. The molecule has 0 spiro atoms. The molecular weight excluding hydrogens is 297 g/mol. The molecule has 1 aromatic rings. The molecule has 1 aromatic carbocycles. The first-order valence-electron chi connectivity index (χ1n) is 6.26. The van der Waals surface area contributed by atoms with Crippen LogP contribution in [0.1, 0.15) is 20.8 Å². The highest BCUT2D eigenvalue weighted by molar-refractivity contribution is 7.89. The largest absolute Gasteiger partial charge is 0.396 e. The van der Waals surface area contributed by atoms with E-state index in [9.17, 15) is 17.6 Å². The van der Waals surface area contributed by atoms with E-state index < -0.39 is 27.3 Å². The average molecular weight is 317 g/mol. The minimum absolute atomic E-state index is 0.137. The lowest BCUT2D eigenvalue weighted by Crippen LogP contribution is -2.46. The molecule has 0 aromatic heterocycles. The van der Waals surface area contributed by atoms with E-state index in [2.05, 4.69) is 5.32 Å². The van der Waals surface area contributed by atoms with E-state index >= 15 is 0 Å². The van der Waals surface area contributed by atoms with E-state index in [0.717, 1.165) is 10.4 Å². The van der Waals surface area contributed by atoms with Gasteiger partial charge >= 0.3 is 0 Å². The van der Waals surface area contributed by atoms with Gasteiger partial charge in [-0.2, -0.15) is 4.31 Å². The van der Waals surface area contributed by atoms with E-state index in [-0.39, 0.29) is 17.1 Å². The lowest BCUT2D eigenvalue weighted by molar-refractivity contribution is -0.122. The third-order valence-corrected chi connectivity index (χ3v) is 4.36. The van der Waals surface area contributed by atoms with Gasteiger partial charge in [-0.1, -0.05) is 0 Å². The first-order valence-corrected chi connectivity index (χ1v) is 7.70. The Balaban J connectivity index is 2.92. The number of anilines is 1. The van der Waals surface area contributed by atoms with Gasteiger partial charge in [0.05, 0.1) is 17.1 Å². The fraction of sp³-hybridized carbons (Fsp3) is 0.462. The number of nitrogens with one attached hydrogen (secondary N) is 1. The van der Waals surface area contributed by atoms with Crippen LogP contribution in [0, 0.1) is 5.82 Å². The third-order valence-electron chi connectivity index (χ3n) is 2.56. The molecule has 0 heterocycles. The highest BCUT2D eigenvalue weighted by Gasteiger charge is 2.25. The van der Waals surface area contributed by atoms with Crippen LogP contribution >= 0.6 is 0 Å². The second kappa shape index (κ2) is 5.98. The summed E-state index contributed by atoms with van der Waals surface area (Å²) in [7, 11) is -2.70. The number of amides is 1. The predicted molar refractivity (Wildman–Crippen MR) is 78.5 cm³/mol. The van der Waals surface area contributed by atoms with Crippen molar-refractivity contribution in [1.82, 2.24) is 9.62 Å². The Morgan fingerprint density at radius 2 is 1.95 bits per heavy atom. The number of nitrogens with two attached hydrogens (primary N) is 1. The highest BCUT2D eigenvalue weighted by Crippen LogP contribution is 2.19. The average Bonchev–Trinajstić information content (AvgIpc) is 2.29. The molecule has 118 valence electrons. The van der Waals surface area contributed by atoms with Crippen LogP contribution in [-0.4, -0.2) is 37.8 Å². The van der Waals surface area contributed by atoms with Crippen LogP contribution in [0.3, 0.4) is 0 Å². The number of hydrogen-bond donors (Lipinski definition) is 2. The Hall–Kier alpha value is -1.67. The Morgan fingerprint density at radius 1 is 1.38 bits per heavy atom. The molecule has 0 radical (unpaired) electrons.